The fraction of sp³-hybridized carbons (Fsp3) is 0.222. The molecule has 132 valence electrons. The van der Waals surface area contributed by atoms with Gasteiger partial charge >= 0.3 is 0 Å². The molecule has 4 rings (SSSR count). The second-order valence-electron chi connectivity index (χ2n) is 5.86. The summed E-state index contributed by atoms with van der Waals surface area (Å²) in [7, 11) is 3.01. The van der Waals surface area contributed by atoms with Crippen molar-refractivity contribution in [2.24, 2.45) is 10.3 Å². The lowest BCUT2D eigenvalue weighted by Gasteiger charge is -2.21. The molecule has 2 aliphatic heterocycles. The van der Waals surface area contributed by atoms with Gasteiger partial charge in [-0.1, -0.05) is 23.4 Å². The SMILES string of the molecule is COc1cc(OC)cc(N2C(=O)[C@H]3N=NN(c4ccccc4)[C@H]3C2=O)c1. The van der Waals surface area contributed by atoms with Crippen molar-refractivity contribution in [3.63, 3.8) is 0 Å². The predicted octanol–water partition coefficient (Wildman–Crippen LogP) is 2.20. The highest BCUT2D eigenvalue weighted by molar-refractivity contribution is 6.26. The number of nitrogens with zero attached hydrogens (tertiary/aromatic N) is 4. The minimum absolute atomic E-state index is 0.383. The number of imide groups is 1. The molecule has 2 amide bonds. The zero-order chi connectivity index (χ0) is 18.3. The van der Waals surface area contributed by atoms with Crippen molar-refractivity contribution in [3.8, 4) is 11.5 Å². The Morgan fingerprint density at radius 3 is 2.15 bits per heavy atom. The van der Waals surface area contributed by atoms with E-state index in [1.54, 1.807) is 18.2 Å². The molecule has 0 saturated carbocycles. The summed E-state index contributed by atoms with van der Waals surface area (Å²) in [5.41, 5.74) is 1.09. The van der Waals surface area contributed by atoms with Gasteiger partial charge in [-0.15, -0.1) is 0 Å². The first-order valence-corrected chi connectivity index (χ1v) is 8.00. The van der Waals surface area contributed by atoms with E-state index in [-0.39, 0.29) is 5.91 Å². The monoisotopic (exact) mass is 352 g/mol. The van der Waals surface area contributed by atoms with E-state index in [1.807, 2.05) is 30.3 Å². The van der Waals surface area contributed by atoms with Crippen molar-refractivity contribution < 1.29 is 19.1 Å². The van der Waals surface area contributed by atoms with Crippen molar-refractivity contribution >= 4 is 23.2 Å². The first-order chi connectivity index (χ1) is 12.6. The molecule has 8 heteroatoms. The quantitative estimate of drug-likeness (QED) is 0.788. The van der Waals surface area contributed by atoms with Crippen LogP contribution in [0.4, 0.5) is 11.4 Å². The third-order valence-corrected chi connectivity index (χ3v) is 4.40. The van der Waals surface area contributed by atoms with Gasteiger partial charge in [-0.2, -0.15) is 5.11 Å². The second-order valence-corrected chi connectivity index (χ2v) is 5.86. The fourth-order valence-corrected chi connectivity index (χ4v) is 3.13. The molecule has 0 N–H and O–H groups in total. The van der Waals surface area contributed by atoms with E-state index >= 15 is 0 Å². The number of fused-ring (bicyclic) bond motifs is 1. The molecule has 0 radical (unpaired) electrons. The van der Waals surface area contributed by atoms with Crippen LogP contribution in [0.2, 0.25) is 0 Å². The number of ether oxygens (including phenoxy) is 2. The number of anilines is 2. The highest BCUT2D eigenvalue weighted by atomic mass is 16.5. The molecule has 2 aromatic carbocycles. The Morgan fingerprint density at radius 2 is 1.54 bits per heavy atom. The summed E-state index contributed by atoms with van der Waals surface area (Å²) >= 11 is 0. The Bertz CT molecular complexity index is 877. The number of carbonyl (C=O) groups is 2. The molecule has 0 bridgehead atoms. The number of carbonyl (C=O) groups excluding carboxylic acids is 2. The number of methoxy groups -OCH3 is 2. The molecule has 2 aliphatic rings. The maximum absolute atomic E-state index is 13.0. The van der Waals surface area contributed by atoms with Crippen LogP contribution >= 0.6 is 0 Å². The summed E-state index contributed by atoms with van der Waals surface area (Å²) in [4.78, 5) is 27.0. The second kappa shape index (κ2) is 6.14. The van der Waals surface area contributed by atoms with Gasteiger partial charge in [0.25, 0.3) is 11.8 Å². The first kappa shape index (κ1) is 16.1. The van der Waals surface area contributed by atoms with Gasteiger partial charge in [-0.05, 0) is 12.1 Å². The Morgan fingerprint density at radius 1 is 0.885 bits per heavy atom. The minimum Gasteiger partial charge on any atom is -0.497 e. The normalized spacial score (nSPS) is 21.3. The molecule has 1 fully saturated rings. The summed E-state index contributed by atoms with van der Waals surface area (Å²) in [6.45, 7) is 0. The lowest BCUT2D eigenvalue weighted by molar-refractivity contribution is -0.121. The number of rotatable bonds is 4. The van der Waals surface area contributed by atoms with Crippen LogP contribution < -0.4 is 19.4 Å². The number of para-hydroxylation sites is 1. The molecular weight excluding hydrogens is 336 g/mol. The van der Waals surface area contributed by atoms with Gasteiger partial charge in [0.15, 0.2) is 12.1 Å². The maximum Gasteiger partial charge on any atom is 0.263 e. The van der Waals surface area contributed by atoms with E-state index in [1.165, 1.54) is 19.2 Å². The topological polar surface area (TPSA) is 83.8 Å². The zero-order valence-corrected chi connectivity index (χ0v) is 14.2. The fourth-order valence-electron chi connectivity index (χ4n) is 3.13. The lowest BCUT2D eigenvalue weighted by Crippen LogP contribution is -2.39. The molecule has 2 aromatic rings. The van der Waals surface area contributed by atoms with E-state index in [9.17, 15) is 9.59 Å². The molecule has 26 heavy (non-hydrogen) atoms. The third-order valence-electron chi connectivity index (χ3n) is 4.40. The predicted molar refractivity (Wildman–Crippen MR) is 93.4 cm³/mol. The highest BCUT2D eigenvalue weighted by Crippen LogP contribution is 2.37. The van der Waals surface area contributed by atoms with Crippen molar-refractivity contribution in [2.45, 2.75) is 12.1 Å². The van der Waals surface area contributed by atoms with Crippen LogP contribution in [0, 0.1) is 0 Å². The van der Waals surface area contributed by atoms with Crippen LogP contribution in [-0.4, -0.2) is 38.1 Å². The largest absolute Gasteiger partial charge is 0.497 e. The minimum atomic E-state index is -0.861. The van der Waals surface area contributed by atoms with Crippen molar-refractivity contribution in [3.05, 3.63) is 48.5 Å². The number of amides is 2. The Balaban J connectivity index is 1.72. The summed E-state index contributed by atoms with van der Waals surface area (Å²) in [6, 6.07) is 12.4. The first-order valence-electron chi connectivity index (χ1n) is 8.00. The zero-order valence-electron chi connectivity index (χ0n) is 14.2. The molecule has 0 aliphatic carbocycles. The van der Waals surface area contributed by atoms with Crippen LogP contribution in [0.1, 0.15) is 0 Å². The average molecular weight is 352 g/mol. The number of hydrogen-bond donors (Lipinski definition) is 0. The smallest absolute Gasteiger partial charge is 0.263 e. The van der Waals surface area contributed by atoms with E-state index in [4.69, 9.17) is 9.47 Å². The standard InChI is InChI=1S/C18H16N4O4/c1-25-13-8-12(9-14(10-13)26-2)21-17(23)15-16(18(21)24)22(20-19-15)11-6-4-3-5-7-11/h3-10,15-16H,1-2H3/t15-,16+/m0/s1. The summed E-state index contributed by atoms with van der Waals surface area (Å²) in [5.74, 6) is 0.166. The van der Waals surface area contributed by atoms with Gasteiger partial charge < -0.3 is 9.47 Å². The van der Waals surface area contributed by atoms with E-state index < -0.39 is 18.0 Å². The Labute approximate surface area is 149 Å². The summed E-state index contributed by atoms with van der Waals surface area (Å²) < 4.78 is 10.5. The maximum atomic E-state index is 13.0. The Hall–Kier alpha value is -3.42. The lowest BCUT2D eigenvalue weighted by atomic mass is 10.1. The van der Waals surface area contributed by atoms with Gasteiger partial charge in [0.2, 0.25) is 0 Å². The van der Waals surface area contributed by atoms with E-state index in [0.717, 1.165) is 4.90 Å². The van der Waals surface area contributed by atoms with E-state index in [2.05, 4.69) is 10.3 Å². The van der Waals surface area contributed by atoms with E-state index in [0.29, 0.717) is 22.9 Å². The molecule has 2 heterocycles. The molecule has 0 aromatic heterocycles. The molecule has 2 atom stereocenters. The average Bonchev–Trinajstić information content (AvgIpc) is 3.22. The van der Waals surface area contributed by atoms with Gasteiger partial charge in [0.05, 0.1) is 25.6 Å². The van der Waals surface area contributed by atoms with Crippen LogP contribution in [0.5, 0.6) is 11.5 Å². The number of benzene rings is 2. The van der Waals surface area contributed by atoms with Gasteiger partial charge in [0.1, 0.15) is 11.5 Å². The highest BCUT2D eigenvalue weighted by Gasteiger charge is 2.55. The Kier molecular flexibility index (Phi) is 3.80. The third kappa shape index (κ3) is 2.38. The van der Waals surface area contributed by atoms with Gasteiger partial charge in [-0.3, -0.25) is 9.59 Å². The van der Waals surface area contributed by atoms with Gasteiger partial charge in [0, 0.05) is 18.2 Å². The molecule has 1 saturated heterocycles. The molecule has 8 nitrogen and oxygen atoms in total. The van der Waals surface area contributed by atoms with Crippen molar-refractivity contribution in [1.29, 1.82) is 0 Å². The van der Waals surface area contributed by atoms with Gasteiger partial charge in [-0.25, -0.2) is 9.91 Å². The molecule has 0 unspecified atom stereocenters. The van der Waals surface area contributed by atoms with Crippen LogP contribution in [0.3, 0.4) is 0 Å². The number of hydrogen-bond acceptors (Lipinski definition) is 7. The van der Waals surface area contributed by atoms with Crippen molar-refractivity contribution in [2.75, 3.05) is 24.1 Å². The van der Waals surface area contributed by atoms with Crippen LogP contribution in [0.25, 0.3) is 0 Å². The van der Waals surface area contributed by atoms with Crippen molar-refractivity contribution in [1.82, 2.24) is 0 Å². The summed E-state index contributed by atoms with van der Waals surface area (Å²) in [6.07, 6.45) is 0. The molecule has 0 spiro atoms. The van der Waals surface area contributed by atoms with Crippen LogP contribution in [-0.2, 0) is 9.59 Å². The van der Waals surface area contributed by atoms with Crippen LogP contribution in [0.15, 0.2) is 58.9 Å². The molecular formula is C18H16N4O4. The summed E-state index contributed by atoms with van der Waals surface area (Å²) in [5, 5.41) is 9.54.